The number of ketones is 1. The Hall–Kier alpha value is -2.60. The third-order valence-corrected chi connectivity index (χ3v) is 6.83. The Morgan fingerprint density at radius 2 is 1.82 bits per heavy atom. The van der Waals surface area contributed by atoms with Crippen LogP contribution in [0.4, 0.5) is 5.69 Å². The number of hydrogen-bond donors (Lipinski definition) is 2. The number of fused-ring (bicyclic) bond motifs is 3. The third kappa shape index (κ3) is 3.22. The molecule has 5 nitrogen and oxygen atoms in total. The van der Waals surface area contributed by atoms with Crippen molar-refractivity contribution in [3.05, 3.63) is 58.8 Å². The molecule has 146 valence electrons. The van der Waals surface area contributed by atoms with E-state index in [0.29, 0.717) is 28.8 Å². The molecular formula is C22H24N2O3S. The number of Topliss-reactive ketones (excluding diaryl/α,β-unsaturated/α-hetero) is 1. The van der Waals surface area contributed by atoms with E-state index < -0.39 is 10.0 Å². The number of sulfonamides is 1. The van der Waals surface area contributed by atoms with Crippen LogP contribution in [0, 0.1) is 19.3 Å². The summed E-state index contributed by atoms with van der Waals surface area (Å²) in [6.07, 6.45) is 1.27. The minimum Gasteiger partial charge on any atom is -0.358 e. The maximum atomic E-state index is 13.0. The number of benzene rings is 2. The van der Waals surface area contributed by atoms with Crippen LogP contribution in [0.2, 0.25) is 0 Å². The Kier molecular flexibility index (Phi) is 4.16. The predicted molar refractivity (Wildman–Crippen MR) is 111 cm³/mol. The van der Waals surface area contributed by atoms with Gasteiger partial charge in [-0.1, -0.05) is 26.0 Å². The second kappa shape index (κ2) is 6.21. The lowest BCUT2D eigenvalue weighted by atomic mass is 9.76. The molecule has 1 aliphatic rings. The van der Waals surface area contributed by atoms with E-state index in [2.05, 4.69) is 23.6 Å². The number of carbonyl (C=O) groups is 1. The van der Waals surface area contributed by atoms with Gasteiger partial charge in [0.15, 0.2) is 5.78 Å². The highest BCUT2D eigenvalue weighted by molar-refractivity contribution is 7.92. The molecule has 0 spiro atoms. The Bertz CT molecular complexity index is 1220. The summed E-state index contributed by atoms with van der Waals surface area (Å²) in [5.74, 6) is 0.116. The first-order valence-electron chi connectivity index (χ1n) is 9.34. The van der Waals surface area contributed by atoms with Crippen molar-refractivity contribution in [2.75, 3.05) is 4.72 Å². The molecule has 1 heterocycles. The number of carbonyl (C=O) groups excluding carboxylic acids is 1. The second-order valence-electron chi connectivity index (χ2n) is 8.56. The standard InChI is InChI=1S/C22H24N2O3S/c1-13-6-5-7-15(8-13)24-28(26,27)20-10-17-16(9-14(20)2)21-18(23-17)11-22(3,4)12-19(21)25/h5-10,23-24H,11-12H2,1-4H3. The molecule has 1 aromatic heterocycles. The summed E-state index contributed by atoms with van der Waals surface area (Å²) in [5.41, 5.74) is 4.33. The number of aromatic nitrogens is 1. The van der Waals surface area contributed by atoms with Crippen LogP contribution in [0.5, 0.6) is 0 Å². The van der Waals surface area contributed by atoms with Gasteiger partial charge in [-0.3, -0.25) is 9.52 Å². The van der Waals surface area contributed by atoms with E-state index in [9.17, 15) is 13.2 Å². The quantitative estimate of drug-likeness (QED) is 0.671. The zero-order valence-electron chi connectivity index (χ0n) is 16.5. The molecule has 0 aliphatic heterocycles. The monoisotopic (exact) mass is 396 g/mol. The summed E-state index contributed by atoms with van der Waals surface area (Å²) < 4.78 is 28.6. The maximum Gasteiger partial charge on any atom is 0.262 e. The lowest BCUT2D eigenvalue weighted by Gasteiger charge is -2.28. The first-order chi connectivity index (χ1) is 13.1. The van der Waals surface area contributed by atoms with E-state index in [1.54, 1.807) is 25.1 Å². The van der Waals surface area contributed by atoms with Crippen LogP contribution in [0.1, 0.15) is 47.4 Å². The van der Waals surface area contributed by atoms with Crippen LogP contribution in [-0.4, -0.2) is 19.2 Å². The average molecular weight is 397 g/mol. The highest BCUT2D eigenvalue weighted by Gasteiger charge is 2.34. The first-order valence-corrected chi connectivity index (χ1v) is 10.8. The summed E-state index contributed by atoms with van der Waals surface area (Å²) in [6.45, 7) is 7.83. The number of aromatic amines is 1. The lowest BCUT2D eigenvalue weighted by molar-refractivity contribution is 0.0913. The largest absolute Gasteiger partial charge is 0.358 e. The lowest BCUT2D eigenvalue weighted by Crippen LogP contribution is -2.26. The van der Waals surface area contributed by atoms with Crippen molar-refractivity contribution in [3.63, 3.8) is 0 Å². The molecule has 0 amide bonds. The number of aryl methyl sites for hydroxylation is 2. The minimum atomic E-state index is -3.74. The van der Waals surface area contributed by atoms with Gasteiger partial charge in [-0.2, -0.15) is 0 Å². The van der Waals surface area contributed by atoms with E-state index in [4.69, 9.17) is 0 Å². The van der Waals surface area contributed by atoms with Gasteiger partial charge < -0.3 is 4.98 Å². The Balaban J connectivity index is 1.81. The van der Waals surface area contributed by atoms with Gasteiger partial charge in [-0.25, -0.2) is 8.42 Å². The van der Waals surface area contributed by atoms with Crippen LogP contribution >= 0.6 is 0 Å². The molecule has 28 heavy (non-hydrogen) atoms. The molecule has 2 aromatic carbocycles. The molecule has 0 bridgehead atoms. The Morgan fingerprint density at radius 3 is 2.54 bits per heavy atom. The predicted octanol–water partition coefficient (Wildman–Crippen LogP) is 4.74. The molecule has 3 aromatic rings. The number of hydrogen-bond acceptors (Lipinski definition) is 3. The molecular weight excluding hydrogens is 372 g/mol. The molecule has 0 saturated carbocycles. The van der Waals surface area contributed by atoms with Crippen LogP contribution in [0.25, 0.3) is 10.9 Å². The van der Waals surface area contributed by atoms with Crippen LogP contribution in [0.15, 0.2) is 41.3 Å². The van der Waals surface area contributed by atoms with Gasteiger partial charge >= 0.3 is 0 Å². The average Bonchev–Trinajstić information content (AvgIpc) is 2.89. The van der Waals surface area contributed by atoms with Crippen LogP contribution < -0.4 is 4.72 Å². The SMILES string of the molecule is Cc1cccc(NS(=O)(=O)c2cc3[nH]c4c(c3cc2C)C(=O)CC(C)(C)C4)c1. The fraction of sp³-hybridized carbons (Fsp3) is 0.318. The fourth-order valence-electron chi connectivity index (χ4n) is 4.11. The summed E-state index contributed by atoms with van der Waals surface area (Å²) in [4.78, 5) is 16.2. The zero-order valence-corrected chi connectivity index (χ0v) is 17.3. The minimum absolute atomic E-state index is 0.0956. The highest BCUT2D eigenvalue weighted by atomic mass is 32.2. The van der Waals surface area contributed by atoms with Crippen molar-refractivity contribution in [1.29, 1.82) is 0 Å². The van der Waals surface area contributed by atoms with Gasteiger partial charge in [0.1, 0.15) is 0 Å². The smallest absolute Gasteiger partial charge is 0.262 e. The molecule has 0 atom stereocenters. The number of rotatable bonds is 3. The van der Waals surface area contributed by atoms with Gasteiger partial charge in [0.2, 0.25) is 0 Å². The summed E-state index contributed by atoms with van der Waals surface area (Å²) in [7, 11) is -3.74. The molecule has 1 aliphatic carbocycles. The fourth-order valence-corrected chi connectivity index (χ4v) is 5.41. The van der Waals surface area contributed by atoms with Crippen molar-refractivity contribution in [2.24, 2.45) is 5.41 Å². The van der Waals surface area contributed by atoms with E-state index in [1.807, 2.05) is 25.1 Å². The normalized spacial score (nSPS) is 16.2. The maximum absolute atomic E-state index is 13.0. The zero-order chi connectivity index (χ0) is 20.3. The number of nitrogens with one attached hydrogen (secondary N) is 2. The number of anilines is 1. The van der Waals surface area contributed by atoms with E-state index >= 15 is 0 Å². The van der Waals surface area contributed by atoms with Gasteiger partial charge in [0.05, 0.1) is 4.90 Å². The molecule has 2 N–H and O–H groups in total. The van der Waals surface area contributed by atoms with Crippen molar-refractivity contribution in [2.45, 2.75) is 45.4 Å². The first kappa shape index (κ1) is 18.7. The molecule has 0 fully saturated rings. The Morgan fingerprint density at radius 1 is 1.07 bits per heavy atom. The topological polar surface area (TPSA) is 79.0 Å². The summed E-state index contributed by atoms with van der Waals surface area (Å²) in [5, 5.41) is 0.808. The molecule has 4 rings (SSSR count). The van der Waals surface area contributed by atoms with Crippen molar-refractivity contribution in [1.82, 2.24) is 4.98 Å². The van der Waals surface area contributed by atoms with Crippen molar-refractivity contribution >= 4 is 32.4 Å². The molecule has 0 unspecified atom stereocenters. The summed E-state index contributed by atoms with van der Waals surface area (Å²) >= 11 is 0. The third-order valence-electron chi connectivity index (χ3n) is 5.30. The molecule has 0 saturated heterocycles. The van der Waals surface area contributed by atoms with Crippen LogP contribution in [-0.2, 0) is 16.4 Å². The van der Waals surface area contributed by atoms with Crippen molar-refractivity contribution in [3.8, 4) is 0 Å². The van der Waals surface area contributed by atoms with E-state index in [0.717, 1.165) is 23.1 Å². The molecule has 0 radical (unpaired) electrons. The van der Waals surface area contributed by atoms with E-state index in [-0.39, 0.29) is 16.1 Å². The molecule has 6 heteroatoms. The van der Waals surface area contributed by atoms with Gasteiger partial charge in [0.25, 0.3) is 10.0 Å². The van der Waals surface area contributed by atoms with Gasteiger partial charge in [0, 0.05) is 34.3 Å². The van der Waals surface area contributed by atoms with E-state index in [1.165, 1.54) is 0 Å². The summed E-state index contributed by atoms with van der Waals surface area (Å²) in [6, 6.07) is 10.7. The van der Waals surface area contributed by atoms with Gasteiger partial charge in [-0.05, 0) is 61.1 Å². The van der Waals surface area contributed by atoms with Crippen LogP contribution in [0.3, 0.4) is 0 Å². The van der Waals surface area contributed by atoms with Gasteiger partial charge in [-0.15, -0.1) is 0 Å². The number of H-pyrrole nitrogens is 1. The second-order valence-corrected chi connectivity index (χ2v) is 10.2. The van der Waals surface area contributed by atoms with Crippen molar-refractivity contribution < 1.29 is 13.2 Å². The highest BCUT2D eigenvalue weighted by Crippen LogP contribution is 2.39. The Labute approximate surface area is 165 Å².